The van der Waals surface area contributed by atoms with Crippen molar-refractivity contribution in [3.63, 3.8) is 0 Å². The van der Waals surface area contributed by atoms with Crippen molar-refractivity contribution >= 4 is 23.4 Å². The molecule has 0 aliphatic rings. The van der Waals surface area contributed by atoms with Crippen LogP contribution in [-0.2, 0) is 16.0 Å². The first kappa shape index (κ1) is 22.1. The molecular formula is C23H29N3O3. The highest BCUT2D eigenvalue weighted by Crippen LogP contribution is 2.14. The Morgan fingerprint density at radius 2 is 1.69 bits per heavy atom. The lowest BCUT2D eigenvalue weighted by molar-refractivity contribution is -0.131. The van der Waals surface area contributed by atoms with Gasteiger partial charge in [-0.15, -0.1) is 0 Å². The number of rotatable bonds is 9. The molecule has 6 heteroatoms. The minimum absolute atomic E-state index is 0.0473. The van der Waals surface area contributed by atoms with Crippen LogP contribution in [0.15, 0.2) is 42.5 Å². The Hall–Kier alpha value is -3.15. The Labute approximate surface area is 172 Å². The van der Waals surface area contributed by atoms with E-state index in [-0.39, 0.29) is 18.2 Å². The van der Waals surface area contributed by atoms with E-state index in [2.05, 4.69) is 37.4 Å². The Kier molecular flexibility index (Phi) is 7.95. The minimum atomic E-state index is -0.513. The van der Waals surface area contributed by atoms with Crippen LogP contribution in [0.3, 0.4) is 0 Å². The molecule has 0 atom stereocenters. The zero-order chi connectivity index (χ0) is 21.4. The van der Waals surface area contributed by atoms with Crippen molar-refractivity contribution in [3.8, 4) is 0 Å². The maximum atomic E-state index is 12.5. The third kappa shape index (κ3) is 6.75. The third-order valence-electron chi connectivity index (χ3n) is 4.90. The monoisotopic (exact) mass is 395 g/mol. The first-order valence-corrected chi connectivity index (χ1v) is 9.83. The van der Waals surface area contributed by atoms with Crippen LogP contribution in [0.1, 0.15) is 46.8 Å². The Morgan fingerprint density at radius 1 is 1.00 bits per heavy atom. The molecule has 0 bridgehead atoms. The summed E-state index contributed by atoms with van der Waals surface area (Å²) >= 11 is 0. The summed E-state index contributed by atoms with van der Waals surface area (Å²) in [7, 11) is 0. The average Bonchev–Trinajstić information content (AvgIpc) is 2.68. The second-order valence-corrected chi connectivity index (χ2v) is 7.14. The van der Waals surface area contributed by atoms with Crippen molar-refractivity contribution in [3.05, 3.63) is 64.7 Å². The van der Waals surface area contributed by atoms with Gasteiger partial charge in [-0.25, -0.2) is 0 Å². The quantitative estimate of drug-likeness (QED) is 0.683. The van der Waals surface area contributed by atoms with Gasteiger partial charge >= 0.3 is 0 Å². The molecule has 2 aromatic rings. The van der Waals surface area contributed by atoms with Crippen LogP contribution < -0.4 is 11.1 Å². The van der Waals surface area contributed by atoms with Crippen molar-refractivity contribution in [2.24, 2.45) is 5.73 Å². The summed E-state index contributed by atoms with van der Waals surface area (Å²) in [5.41, 5.74) is 9.76. The van der Waals surface area contributed by atoms with Gasteiger partial charge in [-0.1, -0.05) is 23.8 Å². The number of hydrogen-bond donors (Lipinski definition) is 2. The number of anilines is 1. The van der Waals surface area contributed by atoms with Crippen LogP contribution in [0.2, 0.25) is 0 Å². The topological polar surface area (TPSA) is 92.5 Å². The zero-order valence-electron chi connectivity index (χ0n) is 17.3. The molecule has 0 saturated heterocycles. The van der Waals surface area contributed by atoms with E-state index >= 15 is 0 Å². The molecule has 0 radical (unpaired) electrons. The number of carbonyl (C=O) groups is 3. The highest BCUT2D eigenvalue weighted by molar-refractivity contribution is 5.94. The molecule has 0 saturated carbocycles. The van der Waals surface area contributed by atoms with Gasteiger partial charge in [0.2, 0.25) is 17.7 Å². The number of amides is 3. The van der Waals surface area contributed by atoms with Crippen LogP contribution in [-0.4, -0.2) is 35.7 Å². The molecule has 2 aromatic carbocycles. The maximum Gasteiger partial charge on any atom is 0.248 e. The third-order valence-corrected chi connectivity index (χ3v) is 4.90. The number of carbonyl (C=O) groups excluding carboxylic acids is 3. The smallest absolute Gasteiger partial charge is 0.248 e. The molecule has 3 amide bonds. The molecule has 0 fully saturated rings. The summed E-state index contributed by atoms with van der Waals surface area (Å²) in [6, 6.07) is 12.6. The molecule has 29 heavy (non-hydrogen) atoms. The molecule has 154 valence electrons. The second-order valence-electron chi connectivity index (χ2n) is 7.14. The van der Waals surface area contributed by atoms with Crippen molar-refractivity contribution < 1.29 is 14.4 Å². The van der Waals surface area contributed by atoms with Crippen LogP contribution in [0, 0.1) is 13.8 Å². The number of aryl methyl sites for hydroxylation is 3. The van der Waals surface area contributed by atoms with E-state index < -0.39 is 5.91 Å². The summed E-state index contributed by atoms with van der Waals surface area (Å²) in [4.78, 5) is 37.5. The Bertz CT molecular complexity index is 875. The highest BCUT2D eigenvalue weighted by atomic mass is 16.2. The van der Waals surface area contributed by atoms with Crippen LogP contribution in [0.5, 0.6) is 0 Å². The fraction of sp³-hybridized carbons (Fsp3) is 0.348. The number of primary amides is 1. The second kappa shape index (κ2) is 10.4. The van der Waals surface area contributed by atoms with E-state index in [1.54, 1.807) is 29.2 Å². The molecule has 6 nitrogen and oxygen atoms in total. The number of nitrogens with two attached hydrogens (primary N) is 1. The normalized spacial score (nSPS) is 10.4. The van der Waals surface area contributed by atoms with Gasteiger partial charge in [0.15, 0.2) is 0 Å². The standard InChI is InChI=1S/C23H29N3O3/c1-4-26(22(28)12-9-18-6-5-16(2)15-17(18)3)14-13-21(27)25-20-10-7-19(8-11-20)23(24)29/h5-8,10-11,15H,4,9,12-14H2,1-3H3,(H2,24,29)(H,25,27). The largest absolute Gasteiger partial charge is 0.366 e. The van der Waals surface area contributed by atoms with E-state index in [4.69, 9.17) is 5.73 Å². The SMILES string of the molecule is CCN(CCC(=O)Nc1ccc(C(N)=O)cc1)C(=O)CCc1ccc(C)cc1C. The Morgan fingerprint density at radius 3 is 2.28 bits per heavy atom. The first-order chi connectivity index (χ1) is 13.8. The minimum Gasteiger partial charge on any atom is -0.366 e. The first-order valence-electron chi connectivity index (χ1n) is 9.83. The summed E-state index contributed by atoms with van der Waals surface area (Å²) < 4.78 is 0. The summed E-state index contributed by atoms with van der Waals surface area (Å²) in [6.45, 7) is 6.96. The zero-order valence-corrected chi connectivity index (χ0v) is 17.3. The molecule has 0 aliphatic carbocycles. The fourth-order valence-electron chi connectivity index (χ4n) is 3.16. The fourth-order valence-corrected chi connectivity index (χ4v) is 3.16. The maximum absolute atomic E-state index is 12.5. The lowest BCUT2D eigenvalue weighted by Crippen LogP contribution is -2.33. The number of nitrogens with one attached hydrogen (secondary N) is 1. The lowest BCUT2D eigenvalue weighted by atomic mass is 10.0. The van der Waals surface area contributed by atoms with E-state index in [1.807, 2.05) is 6.92 Å². The average molecular weight is 396 g/mol. The summed E-state index contributed by atoms with van der Waals surface area (Å²) in [5, 5.41) is 2.77. The predicted molar refractivity (Wildman–Crippen MR) is 115 cm³/mol. The molecule has 0 heterocycles. The van der Waals surface area contributed by atoms with Crippen molar-refractivity contribution in [2.45, 2.75) is 40.0 Å². The number of benzene rings is 2. The number of nitrogens with zero attached hydrogens (tertiary/aromatic N) is 1. The van der Waals surface area contributed by atoms with Gasteiger partial charge in [-0.05, 0) is 62.6 Å². The van der Waals surface area contributed by atoms with Gasteiger partial charge < -0.3 is 16.0 Å². The predicted octanol–water partition coefficient (Wildman–Crippen LogP) is 3.21. The van der Waals surface area contributed by atoms with Gasteiger partial charge in [0.25, 0.3) is 0 Å². The molecule has 0 unspecified atom stereocenters. The van der Waals surface area contributed by atoms with E-state index in [0.29, 0.717) is 37.2 Å². The Balaban J connectivity index is 1.82. The van der Waals surface area contributed by atoms with Crippen LogP contribution in [0.25, 0.3) is 0 Å². The van der Waals surface area contributed by atoms with Crippen molar-refractivity contribution in [1.29, 1.82) is 0 Å². The van der Waals surface area contributed by atoms with E-state index in [1.165, 1.54) is 16.7 Å². The number of hydrogen-bond acceptors (Lipinski definition) is 3. The van der Waals surface area contributed by atoms with Gasteiger partial charge in [0, 0.05) is 37.2 Å². The van der Waals surface area contributed by atoms with Crippen molar-refractivity contribution in [2.75, 3.05) is 18.4 Å². The molecule has 0 aliphatic heterocycles. The van der Waals surface area contributed by atoms with Crippen LogP contribution in [0.4, 0.5) is 5.69 Å². The van der Waals surface area contributed by atoms with Gasteiger partial charge in [-0.2, -0.15) is 0 Å². The molecular weight excluding hydrogens is 366 g/mol. The van der Waals surface area contributed by atoms with E-state index in [9.17, 15) is 14.4 Å². The van der Waals surface area contributed by atoms with E-state index in [0.717, 1.165) is 0 Å². The summed E-state index contributed by atoms with van der Waals surface area (Å²) in [6.07, 6.45) is 1.33. The molecule has 2 rings (SSSR count). The van der Waals surface area contributed by atoms with Gasteiger partial charge in [0.05, 0.1) is 0 Å². The van der Waals surface area contributed by atoms with Crippen molar-refractivity contribution in [1.82, 2.24) is 4.90 Å². The molecule has 0 aromatic heterocycles. The molecule has 3 N–H and O–H groups in total. The van der Waals surface area contributed by atoms with Crippen LogP contribution >= 0.6 is 0 Å². The lowest BCUT2D eigenvalue weighted by Gasteiger charge is -2.21. The van der Waals surface area contributed by atoms with Gasteiger partial charge in [-0.3, -0.25) is 14.4 Å². The molecule has 0 spiro atoms. The highest BCUT2D eigenvalue weighted by Gasteiger charge is 2.14. The van der Waals surface area contributed by atoms with Gasteiger partial charge in [0.1, 0.15) is 0 Å². The summed E-state index contributed by atoms with van der Waals surface area (Å²) in [5.74, 6) is -0.649.